The number of ether oxygens (including phenoxy) is 1. The molecule has 22 heavy (non-hydrogen) atoms. The first-order valence-corrected chi connectivity index (χ1v) is 6.57. The highest BCUT2D eigenvalue weighted by Gasteiger charge is 2.32. The van der Waals surface area contributed by atoms with Crippen molar-refractivity contribution in [2.75, 3.05) is 6.61 Å². The molecule has 8 nitrogen and oxygen atoms in total. The van der Waals surface area contributed by atoms with Gasteiger partial charge in [-0.2, -0.15) is 0 Å². The summed E-state index contributed by atoms with van der Waals surface area (Å²) in [5, 5.41) is 39.1. The smallest absolute Gasteiger partial charge is 0.408 e. The van der Waals surface area contributed by atoms with Gasteiger partial charge in [0, 0.05) is 0 Å². The number of aliphatic hydroxyl groups excluding tert-OH is 4. The molecule has 0 saturated carbocycles. The Morgan fingerprint density at radius 2 is 1.82 bits per heavy atom. The van der Waals surface area contributed by atoms with E-state index in [9.17, 15) is 24.9 Å². The fourth-order valence-corrected chi connectivity index (χ4v) is 1.65. The maximum atomic E-state index is 11.6. The standard InChI is InChI=1S/C14H19NO7/c16-6-10(12(19)13(20)11(18)7-17)15-14(21)22-8-9-4-2-1-3-5-9/h1-6,10-13,17-20H,7-8H2,(H,15,21)/t10-,11+,12+,13-/m0/s1. The van der Waals surface area contributed by atoms with Crippen molar-refractivity contribution in [3.05, 3.63) is 35.9 Å². The first-order valence-electron chi connectivity index (χ1n) is 6.57. The van der Waals surface area contributed by atoms with Crippen molar-refractivity contribution in [3.63, 3.8) is 0 Å². The van der Waals surface area contributed by atoms with Crippen molar-refractivity contribution < 1.29 is 34.8 Å². The zero-order valence-corrected chi connectivity index (χ0v) is 11.7. The summed E-state index contributed by atoms with van der Waals surface area (Å²) >= 11 is 0. The van der Waals surface area contributed by atoms with E-state index in [0.29, 0.717) is 0 Å². The van der Waals surface area contributed by atoms with Crippen LogP contribution in [0.3, 0.4) is 0 Å². The fourth-order valence-electron chi connectivity index (χ4n) is 1.65. The molecule has 122 valence electrons. The highest BCUT2D eigenvalue weighted by molar-refractivity contribution is 5.73. The number of benzene rings is 1. The van der Waals surface area contributed by atoms with Crippen LogP contribution in [-0.4, -0.2) is 63.8 Å². The summed E-state index contributed by atoms with van der Waals surface area (Å²) in [5.41, 5.74) is 0.733. The van der Waals surface area contributed by atoms with Gasteiger partial charge in [-0.25, -0.2) is 4.79 Å². The summed E-state index contributed by atoms with van der Waals surface area (Å²) in [6.07, 6.45) is -5.99. The SMILES string of the molecule is O=C[C@H](NC(=O)OCc1ccccc1)[C@@H](O)[C@@H](O)[C@H](O)CO. The molecular weight excluding hydrogens is 294 g/mol. The molecule has 1 rings (SSSR count). The number of amides is 1. The maximum Gasteiger partial charge on any atom is 0.408 e. The van der Waals surface area contributed by atoms with E-state index in [0.717, 1.165) is 5.56 Å². The second-order valence-corrected chi connectivity index (χ2v) is 4.60. The Labute approximate surface area is 127 Å². The molecule has 1 aromatic carbocycles. The topological polar surface area (TPSA) is 136 Å². The van der Waals surface area contributed by atoms with Gasteiger partial charge < -0.3 is 35.3 Å². The zero-order valence-electron chi connectivity index (χ0n) is 11.7. The van der Waals surface area contributed by atoms with E-state index in [4.69, 9.17) is 9.84 Å². The highest BCUT2D eigenvalue weighted by atomic mass is 16.5. The summed E-state index contributed by atoms with van der Waals surface area (Å²) in [7, 11) is 0. The van der Waals surface area contributed by atoms with Gasteiger partial charge in [0.25, 0.3) is 0 Å². The molecule has 0 aliphatic rings. The minimum Gasteiger partial charge on any atom is -0.445 e. The molecule has 4 atom stereocenters. The summed E-state index contributed by atoms with van der Waals surface area (Å²) in [6, 6.07) is 7.32. The predicted molar refractivity (Wildman–Crippen MR) is 74.7 cm³/mol. The van der Waals surface area contributed by atoms with Gasteiger partial charge in [-0.3, -0.25) is 0 Å². The van der Waals surface area contributed by atoms with Crippen LogP contribution < -0.4 is 5.32 Å². The lowest BCUT2D eigenvalue weighted by atomic mass is 10.0. The Bertz CT molecular complexity index is 468. The van der Waals surface area contributed by atoms with Gasteiger partial charge in [0.2, 0.25) is 0 Å². The van der Waals surface area contributed by atoms with E-state index in [2.05, 4.69) is 5.32 Å². The van der Waals surface area contributed by atoms with E-state index in [1.807, 2.05) is 0 Å². The van der Waals surface area contributed by atoms with Crippen LogP contribution in [0.25, 0.3) is 0 Å². The highest BCUT2D eigenvalue weighted by Crippen LogP contribution is 2.05. The molecular formula is C14H19NO7. The van der Waals surface area contributed by atoms with Crippen LogP contribution in [-0.2, 0) is 16.1 Å². The van der Waals surface area contributed by atoms with Crippen LogP contribution in [0.15, 0.2) is 30.3 Å². The molecule has 0 saturated heterocycles. The second kappa shape index (κ2) is 9.11. The number of carbonyl (C=O) groups is 2. The number of carbonyl (C=O) groups excluding carboxylic acids is 2. The van der Waals surface area contributed by atoms with Gasteiger partial charge in [-0.05, 0) is 5.56 Å². The number of aldehydes is 1. The largest absolute Gasteiger partial charge is 0.445 e. The lowest BCUT2D eigenvalue weighted by Gasteiger charge is -2.25. The third-order valence-electron chi connectivity index (χ3n) is 2.94. The number of nitrogens with one attached hydrogen (secondary N) is 1. The van der Waals surface area contributed by atoms with Crippen LogP contribution in [0.4, 0.5) is 4.79 Å². The quantitative estimate of drug-likeness (QED) is 0.371. The molecule has 0 radical (unpaired) electrons. The molecule has 1 amide bonds. The first-order chi connectivity index (χ1) is 10.5. The monoisotopic (exact) mass is 313 g/mol. The molecule has 0 aliphatic heterocycles. The number of hydrogen-bond acceptors (Lipinski definition) is 7. The third-order valence-corrected chi connectivity index (χ3v) is 2.94. The van der Waals surface area contributed by atoms with E-state index in [1.54, 1.807) is 30.3 Å². The molecule has 0 aliphatic carbocycles. The zero-order chi connectivity index (χ0) is 16.5. The summed E-state index contributed by atoms with van der Waals surface area (Å²) < 4.78 is 4.86. The Morgan fingerprint density at radius 3 is 2.36 bits per heavy atom. The van der Waals surface area contributed by atoms with Gasteiger partial charge in [-0.1, -0.05) is 30.3 Å². The molecule has 0 bridgehead atoms. The van der Waals surface area contributed by atoms with Gasteiger partial charge in [0.1, 0.15) is 37.2 Å². The Balaban J connectivity index is 2.51. The number of hydrogen-bond donors (Lipinski definition) is 5. The predicted octanol–water partition coefficient (Wildman–Crippen LogP) is -1.44. The van der Waals surface area contributed by atoms with Crippen LogP contribution in [0, 0.1) is 0 Å². The Morgan fingerprint density at radius 1 is 1.18 bits per heavy atom. The molecule has 0 heterocycles. The fraction of sp³-hybridized carbons (Fsp3) is 0.429. The molecule has 5 N–H and O–H groups in total. The van der Waals surface area contributed by atoms with Crippen LogP contribution in [0.1, 0.15) is 5.56 Å². The average molecular weight is 313 g/mol. The average Bonchev–Trinajstić information content (AvgIpc) is 2.56. The van der Waals surface area contributed by atoms with Gasteiger partial charge in [0.05, 0.1) is 6.61 Å². The minimum absolute atomic E-state index is 0.0316. The lowest BCUT2D eigenvalue weighted by Crippen LogP contribution is -2.53. The van der Waals surface area contributed by atoms with E-state index in [-0.39, 0.29) is 12.9 Å². The van der Waals surface area contributed by atoms with E-state index < -0.39 is 37.1 Å². The maximum absolute atomic E-state index is 11.6. The summed E-state index contributed by atoms with van der Waals surface area (Å²) in [5.74, 6) is 0. The minimum atomic E-state index is -1.80. The lowest BCUT2D eigenvalue weighted by molar-refractivity contribution is -0.120. The van der Waals surface area contributed by atoms with Gasteiger partial charge in [0.15, 0.2) is 0 Å². The second-order valence-electron chi connectivity index (χ2n) is 4.60. The van der Waals surface area contributed by atoms with E-state index >= 15 is 0 Å². The van der Waals surface area contributed by atoms with Crippen molar-refractivity contribution in [1.82, 2.24) is 5.32 Å². The van der Waals surface area contributed by atoms with E-state index in [1.165, 1.54) is 0 Å². The molecule has 0 fully saturated rings. The van der Waals surface area contributed by atoms with Crippen molar-refractivity contribution in [2.45, 2.75) is 31.0 Å². The number of rotatable bonds is 8. The molecule has 0 unspecified atom stereocenters. The molecule has 0 aromatic heterocycles. The molecule has 8 heteroatoms. The molecule has 0 spiro atoms. The van der Waals surface area contributed by atoms with Crippen LogP contribution >= 0.6 is 0 Å². The van der Waals surface area contributed by atoms with Crippen molar-refractivity contribution >= 4 is 12.4 Å². The van der Waals surface area contributed by atoms with Crippen molar-refractivity contribution in [1.29, 1.82) is 0 Å². The normalized spacial score (nSPS) is 16.2. The molecule has 1 aromatic rings. The Hall–Kier alpha value is -2.00. The van der Waals surface area contributed by atoms with Gasteiger partial charge >= 0.3 is 6.09 Å². The van der Waals surface area contributed by atoms with Crippen molar-refractivity contribution in [3.8, 4) is 0 Å². The third kappa shape index (κ3) is 5.41. The first kappa shape index (κ1) is 18.1. The van der Waals surface area contributed by atoms with Crippen molar-refractivity contribution in [2.24, 2.45) is 0 Å². The van der Waals surface area contributed by atoms with Gasteiger partial charge in [-0.15, -0.1) is 0 Å². The van der Waals surface area contributed by atoms with Crippen LogP contribution in [0.5, 0.6) is 0 Å². The number of aliphatic hydroxyl groups is 4. The Kier molecular flexibility index (Phi) is 7.47. The van der Waals surface area contributed by atoms with Crippen LogP contribution in [0.2, 0.25) is 0 Å². The summed E-state index contributed by atoms with van der Waals surface area (Å²) in [4.78, 5) is 22.4. The number of alkyl carbamates (subject to hydrolysis) is 1. The summed E-state index contributed by atoms with van der Waals surface area (Å²) in [6.45, 7) is -0.835.